The molecule has 0 fully saturated rings. The number of nitrogens with one attached hydrogen (secondary N) is 1. The highest BCUT2D eigenvalue weighted by molar-refractivity contribution is 7.90. The van der Waals surface area contributed by atoms with Crippen LogP contribution in [0.3, 0.4) is 0 Å². The Labute approximate surface area is 207 Å². The molecule has 0 atom stereocenters. The fourth-order valence-electron chi connectivity index (χ4n) is 3.60. The Kier molecular flexibility index (Phi) is 6.77. The van der Waals surface area contributed by atoms with E-state index in [1.54, 1.807) is 51.1 Å². The number of amides is 1. The van der Waals surface area contributed by atoms with Crippen molar-refractivity contribution in [2.45, 2.75) is 44.2 Å². The van der Waals surface area contributed by atoms with Crippen LogP contribution in [0.5, 0.6) is 0 Å². The van der Waals surface area contributed by atoms with E-state index >= 15 is 0 Å². The summed E-state index contributed by atoms with van der Waals surface area (Å²) < 4.78 is 60.3. The van der Waals surface area contributed by atoms with Crippen molar-refractivity contribution in [3.05, 3.63) is 78.4 Å². The fraction of sp³-hybridized carbons (Fsp3) is 0.240. The molecule has 0 aliphatic carbocycles. The first kappa shape index (κ1) is 25.2. The van der Waals surface area contributed by atoms with E-state index in [1.165, 1.54) is 36.7 Å². The summed E-state index contributed by atoms with van der Waals surface area (Å²) in [5.74, 6) is 0. The van der Waals surface area contributed by atoms with Gasteiger partial charge in [0.15, 0.2) is 5.65 Å². The quantitative estimate of drug-likeness (QED) is 0.375. The first-order chi connectivity index (χ1) is 17.0. The van der Waals surface area contributed by atoms with Crippen LogP contribution in [0.4, 0.5) is 13.6 Å². The van der Waals surface area contributed by atoms with Gasteiger partial charge in [0.2, 0.25) is 0 Å². The van der Waals surface area contributed by atoms with Gasteiger partial charge in [-0.05, 0) is 62.7 Å². The standard InChI is InChI=1S/C25H24F2N4O4S/c1-25(2,3)35-24(32)29-14-17-12-16(13-21(30-17)22(26)27)20-15-31(23-19(20)10-7-11-28-23)36(33,34)18-8-5-4-6-9-18/h4-13,15,22H,14H2,1-3H3,(H,29,32). The van der Waals surface area contributed by atoms with Gasteiger partial charge >= 0.3 is 6.09 Å². The molecule has 0 aliphatic rings. The number of aromatic nitrogens is 3. The number of halogens is 2. The summed E-state index contributed by atoms with van der Waals surface area (Å²) in [6.07, 6.45) is -0.792. The molecular weight excluding hydrogens is 490 g/mol. The van der Waals surface area contributed by atoms with Crippen molar-refractivity contribution >= 4 is 27.1 Å². The molecule has 0 saturated heterocycles. The minimum atomic E-state index is -4.01. The number of benzene rings is 1. The van der Waals surface area contributed by atoms with Gasteiger partial charge in [0.1, 0.15) is 11.3 Å². The molecule has 11 heteroatoms. The fourth-order valence-corrected chi connectivity index (χ4v) is 4.94. The van der Waals surface area contributed by atoms with Gasteiger partial charge in [-0.1, -0.05) is 18.2 Å². The molecule has 1 N–H and O–H groups in total. The van der Waals surface area contributed by atoms with E-state index in [4.69, 9.17) is 4.74 Å². The highest BCUT2D eigenvalue weighted by Gasteiger charge is 2.24. The molecule has 36 heavy (non-hydrogen) atoms. The van der Waals surface area contributed by atoms with Crippen molar-refractivity contribution in [2.75, 3.05) is 0 Å². The molecule has 3 heterocycles. The molecule has 0 radical (unpaired) electrons. The van der Waals surface area contributed by atoms with Crippen LogP contribution in [0.2, 0.25) is 0 Å². The predicted molar refractivity (Wildman–Crippen MR) is 130 cm³/mol. The number of carbonyl (C=O) groups is 1. The second-order valence-corrected chi connectivity index (χ2v) is 10.8. The molecule has 1 aromatic carbocycles. The Hall–Kier alpha value is -3.86. The van der Waals surface area contributed by atoms with Crippen LogP contribution >= 0.6 is 0 Å². The van der Waals surface area contributed by atoms with Gasteiger partial charge < -0.3 is 10.1 Å². The lowest BCUT2D eigenvalue weighted by Gasteiger charge is -2.19. The number of rotatable bonds is 6. The Morgan fingerprint density at radius 3 is 2.50 bits per heavy atom. The molecule has 8 nitrogen and oxygen atoms in total. The SMILES string of the molecule is CC(C)(C)OC(=O)NCc1cc(-c2cn(S(=O)(=O)c3ccccc3)c3ncccc23)cc(C(F)F)n1. The Balaban J connectivity index is 1.80. The predicted octanol–water partition coefficient (Wildman–Crippen LogP) is 5.30. The van der Waals surface area contributed by atoms with Crippen molar-refractivity contribution in [3.8, 4) is 11.1 Å². The lowest BCUT2D eigenvalue weighted by molar-refractivity contribution is 0.0523. The van der Waals surface area contributed by atoms with Crippen molar-refractivity contribution in [2.24, 2.45) is 0 Å². The van der Waals surface area contributed by atoms with Crippen LogP contribution in [0.25, 0.3) is 22.2 Å². The number of alkyl halides is 2. The van der Waals surface area contributed by atoms with Crippen LogP contribution in [-0.2, 0) is 21.3 Å². The lowest BCUT2D eigenvalue weighted by Crippen LogP contribution is -2.32. The number of pyridine rings is 2. The third-order valence-electron chi connectivity index (χ3n) is 5.08. The number of nitrogens with zero attached hydrogens (tertiary/aromatic N) is 3. The molecule has 3 aromatic heterocycles. The molecule has 4 rings (SSSR count). The van der Waals surface area contributed by atoms with Crippen molar-refractivity contribution < 1.29 is 26.7 Å². The van der Waals surface area contributed by atoms with Crippen LogP contribution < -0.4 is 5.32 Å². The first-order valence-electron chi connectivity index (χ1n) is 11.0. The molecule has 0 spiro atoms. The topological polar surface area (TPSA) is 103 Å². The second kappa shape index (κ2) is 9.65. The Bertz CT molecular complexity index is 1510. The number of ether oxygens (including phenoxy) is 1. The zero-order chi connectivity index (χ0) is 26.1. The van der Waals surface area contributed by atoms with E-state index in [1.807, 2.05) is 0 Å². The van der Waals surface area contributed by atoms with Crippen LogP contribution in [0.1, 0.15) is 38.6 Å². The molecule has 188 valence electrons. The minimum Gasteiger partial charge on any atom is -0.444 e. The summed E-state index contributed by atoms with van der Waals surface area (Å²) in [6, 6.07) is 13.8. The molecule has 0 aliphatic heterocycles. The van der Waals surface area contributed by atoms with E-state index < -0.39 is 33.8 Å². The maximum absolute atomic E-state index is 13.7. The van der Waals surface area contributed by atoms with Crippen LogP contribution in [0.15, 0.2) is 71.9 Å². The molecule has 4 aromatic rings. The number of hydrogen-bond donors (Lipinski definition) is 1. The number of hydrogen-bond acceptors (Lipinski definition) is 6. The molecule has 1 amide bonds. The monoisotopic (exact) mass is 514 g/mol. The smallest absolute Gasteiger partial charge is 0.407 e. The van der Waals surface area contributed by atoms with Gasteiger partial charge in [-0.25, -0.2) is 35.9 Å². The van der Waals surface area contributed by atoms with Gasteiger partial charge in [0, 0.05) is 23.3 Å². The van der Waals surface area contributed by atoms with E-state index in [0.717, 1.165) is 3.97 Å². The molecule has 0 saturated carbocycles. The summed E-state index contributed by atoms with van der Waals surface area (Å²) in [5, 5.41) is 2.96. The number of fused-ring (bicyclic) bond motifs is 1. The summed E-state index contributed by atoms with van der Waals surface area (Å²) >= 11 is 0. The van der Waals surface area contributed by atoms with E-state index in [-0.39, 0.29) is 22.8 Å². The molecule has 0 unspecified atom stereocenters. The zero-order valence-corrected chi connectivity index (χ0v) is 20.6. The molecular formula is C25H24F2N4O4S. The van der Waals surface area contributed by atoms with E-state index in [0.29, 0.717) is 16.5 Å². The summed E-state index contributed by atoms with van der Waals surface area (Å²) in [5.41, 5.74) is -0.248. The van der Waals surface area contributed by atoms with E-state index in [2.05, 4.69) is 15.3 Å². The van der Waals surface area contributed by atoms with Gasteiger partial charge in [-0.2, -0.15) is 0 Å². The average Bonchev–Trinajstić information content (AvgIpc) is 3.23. The summed E-state index contributed by atoms with van der Waals surface area (Å²) in [4.78, 5) is 20.3. The Morgan fingerprint density at radius 2 is 1.83 bits per heavy atom. The minimum absolute atomic E-state index is 0.0596. The maximum Gasteiger partial charge on any atom is 0.407 e. The number of carbonyl (C=O) groups excluding carboxylic acids is 1. The van der Waals surface area contributed by atoms with Crippen molar-refractivity contribution in [1.82, 2.24) is 19.3 Å². The number of alkyl carbamates (subject to hydrolysis) is 1. The van der Waals surface area contributed by atoms with Crippen molar-refractivity contribution in [3.63, 3.8) is 0 Å². The van der Waals surface area contributed by atoms with Gasteiger partial charge in [-0.3, -0.25) is 0 Å². The van der Waals surface area contributed by atoms with Gasteiger partial charge in [0.25, 0.3) is 16.4 Å². The normalized spacial score (nSPS) is 12.2. The highest BCUT2D eigenvalue weighted by Crippen LogP contribution is 2.34. The Morgan fingerprint density at radius 1 is 1.11 bits per heavy atom. The van der Waals surface area contributed by atoms with E-state index in [9.17, 15) is 22.0 Å². The average molecular weight is 515 g/mol. The maximum atomic E-state index is 13.7. The summed E-state index contributed by atoms with van der Waals surface area (Å²) in [6.45, 7) is 4.94. The van der Waals surface area contributed by atoms with Crippen LogP contribution in [0, 0.1) is 0 Å². The van der Waals surface area contributed by atoms with Gasteiger partial charge in [-0.15, -0.1) is 0 Å². The first-order valence-corrected chi connectivity index (χ1v) is 12.4. The lowest BCUT2D eigenvalue weighted by atomic mass is 10.0. The largest absolute Gasteiger partial charge is 0.444 e. The summed E-state index contributed by atoms with van der Waals surface area (Å²) in [7, 11) is -4.01. The van der Waals surface area contributed by atoms with Crippen LogP contribution in [-0.4, -0.2) is 34.1 Å². The molecule has 0 bridgehead atoms. The highest BCUT2D eigenvalue weighted by atomic mass is 32.2. The second-order valence-electron chi connectivity index (χ2n) is 8.96. The van der Waals surface area contributed by atoms with Crippen molar-refractivity contribution in [1.29, 1.82) is 0 Å². The van der Waals surface area contributed by atoms with Gasteiger partial charge in [0.05, 0.1) is 17.1 Å². The third kappa shape index (κ3) is 5.35. The third-order valence-corrected chi connectivity index (χ3v) is 6.74. The zero-order valence-electron chi connectivity index (χ0n) is 19.8.